The third-order valence-electron chi connectivity index (χ3n) is 3.21. The second-order valence-corrected chi connectivity index (χ2v) is 5.57. The van der Waals surface area contributed by atoms with Crippen LogP contribution in [0.1, 0.15) is 25.0 Å². The van der Waals surface area contributed by atoms with Gasteiger partial charge < -0.3 is 4.55 Å². The summed E-state index contributed by atoms with van der Waals surface area (Å²) < 4.78 is 34.1. The van der Waals surface area contributed by atoms with Crippen molar-refractivity contribution in [2.45, 2.75) is 31.6 Å². The van der Waals surface area contributed by atoms with Gasteiger partial charge in [-0.05, 0) is 35.4 Å². The van der Waals surface area contributed by atoms with E-state index in [0.717, 1.165) is 22.9 Å². The molecule has 0 unspecified atom stereocenters. The Morgan fingerprint density at radius 3 is 2.16 bits per heavy atom. The number of rotatable bonds is 3. The van der Waals surface area contributed by atoms with E-state index >= 15 is 0 Å². The molecular formula is C14H15KO3S. The number of aryl methyl sites for hydroxylation is 2. The Bertz CT molecular complexity index is 693. The molecule has 19 heavy (non-hydrogen) atoms. The molecule has 0 spiro atoms. The number of hydrogen-bond donors (Lipinski definition) is 0. The largest absolute Gasteiger partial charge is 1.00 e. The fraction of sp³-hybridized carbons (Fsp3) is 0.286. The van der Waals surface area contributed by atoms with Gasteiger partial charge >= 0.3 is 51.4 Å². The van der Waals surface area contributed by atoms with Crippen molar-refractivity contribution < 1.29 is 64.4 Å². The van der Waals surface area contributed by atoms with Gasteiger partial charge in [0.15, 0.2) is 0 Å². The Hall–Kier alpha value is 0.246. The number of benzene rings is 2. The van der Waals surface area contributed by atoms with Crippen LogP contribution in [0, 0.1) is 0 Å². The average molecular weight is 302 g/mol. The molecule has 0 atom stereocenters. The summed E-state index contributed by atoms with van der Waals surface area (Å²) >= 11 is 0. The van der Waals surface area contributed by atoms with Crippen LogP contribution in [-0.2, 0) is 23.0 Å². The molecule has 96 valence electrons. The van der Waals surface area contributed by atoms with Gasteiger partial charge in [0.1, 0.15) is 10.1 Å². The minimum absolute atomic E-state index is 0. The Labute approximate surface area is 156 Å². The van der Waals surface area contributed by atoms with E-state index in [1.165, 1.54) is 6.07 Å². The molecule has 0 amide bonds. The van der Waals surface area contributed by atoms with E-state index in [9.17, 15) is 13.0 Å². The van der Waals surface area contributed by atoms with Gasteiger partial charge in [0, 0.05) is 5.39 Å². The summed E-state index contributed by atoms with van der Waals surface area (Å²) in [7, 11) is -4.44. The molecule has 0 bridgehead atoms. The van der Waals surface area contributed by atoms with E-state index in [1.54, 1.807) is 6.07 Å². The normalized spacial score (nSPS) is 11.3. The van der Waals surface area contributed by atoms with E-state index in [2.05, 4.69) is 0 Å². The Balaban J connectivity index is 0.00000180. The predicted octanol–water partition coefficient (Wildman–Crippen LogP) is -0.127. The maximum absolute atomic E-state index is 11.4. The average Bonchev–Trinajstić information content (AvgIpc) is 2.35. The second-order valence-electron chi connectivity index (χ2n) is 4.22. The first-order chi connectivity index (χ1) is 8.49. The van der Waals surface area contributed by atoms with Gasteiger partial charge in [-0.15, -0.1) is 0 Å². The van der Waals surface area contributed by atoms with Crippen LogP contribution >= 0.6 is 0 Å². The van der Waals surface area contributed by atoms with Crippen LogP contribution < -0.4 is 51.4 Å². The quantitative estimate of drug-likeness (QED) is 0.586. The van der Waals surface area contributed by atoms with Gasteiger partial charge in [-0.3, -0.25) is 0 Å². The van der Waals surface area contributed by atoms with Crippen molar-refractivity contribution in [3.05, 3.63) is 41.5 Å². The molecule has 0 saturated heterocycles. The van der Waals surface area contributed by atoms with E-state index in [4.69, 9.17) is 0 Å². The molecule has 0 heterocycles. The zero-order chi connectivity index (χ0) is 13.3. The Kier molecular flexibility index (Phi) is 6.19. The topological polar surface area (TPSA) is 57.2 Å². The van der Waals surface area contributed by atoms with Crippen molar-refractivity contribution in [1.82, 2.24) is 0 Å². The molecule has 0 aliphatic carbocycles. The van der Waals surface area contributed by atoms with E-state index in [1.807, 2.05) is 32.0 Å². The van der Waals surface area contributed by atoms with Crippen LogP contribution in [0.2, 0.25) is 0 Å². The van der Waals surface area contributed by atoms with Gasteiger partial charge in [0.2, 0.25) is 0 Å². The van der Waals surface area contributed by atoms with Crippen molar-refractivity contribution >= 4 is 20.9 Å². The first kappa shape index (κ1) is 17.3. The summed E-state index contributed by atoms with van der Waals surface area (Å²) in [5.41, 5.74) is 1.96. The Morgan fingerprint density at radius 2 is 1.63 bits per heavy atom. The number of hydrogen-bond acceptors (Lipinski definition) is 3. The molecule has 2 aromatic rings. The summed E-state index contributed by atoms with van der Waals surface area (Å²) in [4.78, 5) is -0.104. The molecular weight excluding hydrogens is 287 g/mol. The second kappa shape index (κ2) is 6.80. The van der Waals surface area contributed by atoms with Gasteiger partial charge in [0.25, 0.3) is 0 Å². The van der Waals surface area contributed by atoms with Crippen molar-refractivity contribution in [3.8, 4) is 0 Å². The van der Waals surface area contributed by atoms with Crippen molar-refractivity contribution in [2.75, 3.05) is 0 Å². The monoisotopic (exact) mass is 302 g/mol. The molecule has 0 aromatic heterocycles. The van der Waals surface area contributed by atoms with Crippen LogP contribution in [0.3, 0.4) is 0 Å². The maximum atomic E-state index is 11.4. The van der Waals surface area contributed by atoms with Crippen LogP contribution in [0.4, 0.5) is 0 Å². The molecule has 5 heteroatoms. The molecule has 0 N–H and O–H groups in total. The molecule has 2 rings (SSSR count). The minimum atomic E-state index is -4.44. The van der Waals surface area contributed by atoms with E-state index < -0.39 is 10.1 Å². The molecule has 0 aliphatic heterocycles. The van der Waals surface area contributed by atoms with E-state index in [0.29, 0.717) is 11.8 Å². The summed E-state index contributed by atoms with van der Waals surface area (Å²) in [5, 5.41) is 1.46. The molecule has 3 nitrogen and oxygen atoms in total. The van der Waals surface area contributed by atoms with Gasteiger partial charge in [-0.2, -0.15) is 0 Å². The van der Waals surface area contributed by atoms with Crippen LogP contribution in [0.25, 0.3) is 10.8 Å². The van der Waals surface area contributed by atoms with Crippen LogP contribution in [0.15, 0.2) is 35.2 Å². The van der Waals surface area contributed by atoms with Crippen LogP contribution in [-0.4, -0.2) is 13.0 Å². The standard InChI is InChI=1S/C14H16O3S.K/c1-3-10-8-9-13(18(15,16)17)14-11(4-2)6-5-7-12(10)14;/h5-9H,3-4H2,1-2H3,(H,15,16,17);/q;+1/p-1. The first-order valence-corrected chi connectivity index (χ1v) is 7.39. The zero-order valence-corrected chi connectivity index (χ0v) is 15.4. The molecule has 0 aliphatic rings. The Morgan fingerprint density at radius 1 is 1.00 bits per heavy atom. The fourth-order valence-corrected chi connectivity index (χ4v) is 3.05. The first-order valence-electron chi connectivity index (χ1n) is 5.98. The number of fused-ring (bicyclic) bond motifs is 1. The summed E-state index contributed by atoms with van der Waals surface area (Å²) in [6.07, 6.45) is 1.51. The summed E-state index contributed by atoms with van der Waals surface area (Å²) in [6, 6.07) is 8.81. The van der Waals surface area contributed by atoms with Gasteiger partial charge in [0.05, 0.1) is 4.90 Å². The van der Waals surface area contributed by atoms with Crippen molar-refractivity contribution in [3.63, 3.8) is 0 Å². The third-order valence-corrected chi connectivity index (χ3v) is 4.09. The summed E-state index contributed by atoms with van der Waals surface area (Å²) in [5.74, 6) is 0. The smallest absolute Gasteiger partial charge is 0.744 e. The van der Waals surface area contributed by atoms with Crippen molar-refractivity contribution in [2.24, 2.45) is 0 Å². The molecule has 0 radical (unpaired) electrons. The van der Waals surface area contributed by atoms with Gasteiger partial charge in [-0.1, -0.05) is 38.1 Å². The van der Waals surface area contributed by atoms with E-state index in [-0.39, 0.29) is 56.3 Å². The van der Waals surface area contributed by atoms with Crippen molar-refractivity contribution in [1.29, 1.82) is 0 Å². The molecule has 0 fully saturated rings. The summed E-state index contributed by atoms with van der Waals surface area (Å²) in [6.45, 7) is 3.97. The third kappa shape index (κ3) is 3.47. The molecule has 0 saturated carbocycles. The predicted molar refractivity (Wildman–Crippen MR) is 70.7 cm³/mol. The minimum Gasteiger partial charge on any atom is -0.744 e. The SMILES string of the molecule is CCc1ccc(S(=O)(=O)[O-])c2c(CC)cccc12.[K+]. The zero-order valence-electron chi connectivity index (χ0n) is 11.4. The maximum Gasteiger partial charge on any atom is 1.00 e. The van der Waals surface area contributed by atoms with Crippen LogP contribution in [0.5, 0.6) is 0 Å². The van der Waals surface area contributed by atoms with Gasteiger partial charge in [-0.25, -0.2) is 8.42 Å². The molecule has 2 aromatic carbocycles. The fourth-order valence-electron chi connectivity index (χ4n) is 2.32.